The van der Waals surface area contributed by atoms with Gasteiger partial charge in [0.2, 0.25) is 21.8 Å². The first-order valence-corrected chi connectivity index (χ1v) is 14.9. The number of carbonyl (C=O) groups excluding carboxylic acids is 2. The van der Waals surface area contributed by atoms with E-state index in [1.54, 1.807) is 4.90 Å². The third-order valence-corrected chi connectivity index (χ3v) is 7.95. The number of hydrogen-bond donors (Lipinski definition) is 1. The van der Waals surface area contributed by atoms with Crippen molar-refractivity contribution < 1.29 is 18.0 Å². The van der Waals surface area contributed by atoms with Gasteiger partial charge in [-0.15, -0.1) is 0 Å². The molecule has 2 amide bonds. The standard InChI is InChI=1S/C29H43N3O4S/c1-8-24(6)30-29(34)26(9-2)31(20-25-14-11-10-13-22(25)4)28(33)15-12-18-32(37(7,35)36)27-19-21(3)16-17-23(27)5/h10-11,13-14,16-17,19,24,26H,8-9,12,15,18,20H2,1-7H3,(H,30,34). The monoisotopic (exact) mass is 529 g/mol. The van der Waals surface area contributed by atoms with Crippen LogP contribution in [0.15, 0.2) is 42.5 Å². The van der Waals surface area contributed by atoms with E-state index < -0.39 is 16.1 Å². The second-order valence-electron chi connectivity index (χ2n) is 9.92. The summed E-state index contributed by atoms with van der Waals surface area (Å²) in [5, 5.41) is 3.02. The Morgan fingerprint density at radius 3 is 2.24 bits per heavy atom. The maximum atomic E-state index is 13.6. The molecule has 2 unspecified atom stereocenters. The van der Waals surface area contributed by atoms with Gasteiger partial charge >= 0.3 is 0 Å². The summed E-state index contributed by atoms with van der Waals surface area (Å²) in [6.45, 7) is 12.2. The Kier molecular flexibility index (Phi) is 11.2. The predicted molar refractivity (Wildman–Crippen MR) is 151 cm³/mol. The molecule has 0 fully saturated rings. The lowest BCUT2D eigenvalue weighted by Crippen LogP contribution is -2.50. The van der Waals surface area contributed by atoms with Crippen LogP contribution in [0.1, 0.15) is 68.7 Å². The van der Waals surface area contributed by atoms with Gasteiger partial charge in [-0.05, 0) is 75.3 Å². The largest absolute Gasteiger partial charge is 0.352 e. The fraction of sp³-hybridized carbons (Fsp3) is 0.517. The molecule has 2 atom stereocenters. The summed E-state index contributed by atoms with van der Waals surface area (Å²) in [6.07, 6.45) is 2.95. The van der Waals surface area contributed by atoms with E-state index in [-0.39, 0.29) is 30.8 Å². The van der Waals surface area contributed by atoms with Gasteiger partial charge in [-0.2, -0.15) is 0 Å². The van der Waals surface area contributed by atoms with E-state index in [1.165, 1.54) is 10.6 Å². The summed E-state index contributed by atoms with van der Waals surface area (Å²) >= 11 is 0. The molecular formula is C29H43N3O4S. The zero-order valence-corrected chi connectivity index (χ0v) is 24.2. The molecule has 0 aliphatic carbocycles. The van der Waals surface area contributed by atoms with Crippen molar-refractivity contribution in [2.24, 2.45) is 0 Å². The third kappa shape index (κ3) is 8.59. The van der Waals surface area contributed by atoms with Crippen LogP contribution in [0.25, 0.3) is 0 Å². The van der Waals surface area contributed by atoms with E-state index in [0.29, 0.717) is 25.1 Å². The number of sulfonamides is 1. The Labute approximate surface area is 223 Å². The minimum atomic E-state index is -3.54. The second kappa shape index (κ2) is 13.6. The lowest BCUT2D eigenvalue weighted by molar-refractivity contribution is -0.141. The van der Waals surface area contributed by atoms with E-state index >= 15 is 0 Å². The van der Waals surface area contributed by atoms with Crippen molar-refractivity contribution in [2.75, 3.05) is 17.1 Å². The van der Waals surface area contributed by atoms with Gasteiger partial charge in [0.05, 0.1) is 11.9 Å². The Balaban J connectivity index is 2.27. The first-order valence-electron chi connectivity index (χ1n) is 13.1. The lowest BCUT2D eigenvalue weighted by atomic mass is 10.0. The molecule has 8 heteroatoms. The van der Waals surface area contributed by atoms with Crippen LogP contribution in [0, 0.1) is 20.8 Å². The van der Waals surface area contributed by atoms with Crippen LogP contribution in [0.2, 0.25) is 0 Å². The number of rotatable bonds is 13. The molecule has 0 spiro atoms. The highest BCUT2D eigenvalue weighted by Crippen LogP contribution is 2.25. The number of benzene rings is 2. The summed E-state index contributed by atoms with van der Waals surface area (Å²) in [4.78, 5) is 28.4. The fourth-order valence-corrected chi connectivity index (χ4v) is 5.32. The summed E-state index contributed by atoms with van der Waals surface area (Å²) in [7, 11) is -3.54. The van der Waals surface area contributed by atoms with Gasteiger partial charge < -0.3 is 10.2 Å². The molecule has 1 N–H and O–H groups in total. The smallest absolute Gasteiger partial charge is 0.243 e. The van der Waals surface area contributed by atoms with Crippen LogP contribution in [0.4, 0.5) is 5.69 Å². The molecule has 0 aromatic heterocycles. The van der Waals surface area contributed by atoms with Crippen molar-refractivity contribution in [3.8, 4) is 0 Å². The lowest BCUT2D eigenvalue weighted by Gasteiger charge is -2.32. The molecule has 37 heavy (non-hydrogen) atoms. The number of nitrogens with zero attached hydrogens (tertiary/aromatic N) is 2. The number of carbonyl (C=O) groups is 2. The Morgan fingerprint density at radius 2 is 1.65 bits per heavy atom. The zero-order valence-electron chi connectivity index (χ0n) is 23.4. The van der Waals surface area contributed by atoms with Crippen LogP contribution in [-0.4, -0.2) is 50.0 Å². The van der Waals surface area contributed by atoms with E-state index in [4.69, 9.17) is 0 Å². The average Bonchev–Trinajstić information content (AvgIpc) is 2.83. The average molecular weight is 530 g/mol. The second-order valence-corrected chi connectivity index (χ2v) is 11.8. The highest BCUT2D eigenvalue weighted by molar-refractivity contribution is 7.92. The van der Waals surface area contributed by atoms with Gasteiger partial charge in [-0.1, -0.05) is 50.2 Å². The number of anilines is 1. The van der Waals surface area contributed by atoms with Crippen molar-refractivity contribution in [3.63, 3.8) is 0 Å². The topological polar surface area (TPSA) is 86.8 Å². The quantitative estimate of drug-likeness (QED) is 0.401. The Hall–Kier alpha value is -2.87. The van der Waals surface area contributed by atoms with E-state index in [9.17, 15) is 18.0 Å². The molecule has 2 rings (SSSR count). The first-order chi connectivity index (χ1) is 17.4. The number of hydrogen-bond acceptors (Lipinski definition) is 4. The highest BCUT2D eigenvalue weighted by Gasteiger charge is 2.29. The van der Waals surface area contributed by atoms with Gasteiger partial charge in [0.1, 0.15) is 6.04 Å². The SMILES string of the molecule is CCC(C)NC(=O)C(CC)N(Cc1ccccc1C)C(=O)CCCN(c1cc(C)ccc1C)S(C)(=O)=O. The van der Waals surface area contributed by atoms with Crippen LogP contribution in [-0.2, 0) is 26.2 Å². The predicted octanol–water partition coefficient (Wildman–Crippen LogP) is 4.88. The molecule has 0 aliphatic heterocycles. The van der Waals surface area contributed by atoms with Gasteiger partial charge in [0.15, 0.2) is 0 Å². The fourth-order valence-electron chi connectivity index (χ4n) is 4.30. The molecule has 2 aromatic rings. The molecule has 0 radical (unpaired) electrons. The van der Waals surface area contributed by atoms with E-state index in [0.717, 1.165) is 28.7 Å². The Bertz CT molecular complexity index is 1180. The molecule has 7 nitrogen and oxygen atoms in total. The first kappa shape index (κ1) is 30.4. The number of aryl methyl sites for hydroxylation is 3. The molecule has 0 bridgehead atoms. The molecular weight excluding hydrogens is 486 g/mol. The number of amides is 2. The summed E-state index contributed by atoms with van der Waals surface area (Å²) < 4.78 is 26.6. The summed E-state index contributed by atoms with van der Waals surface area (Å²) in [5.74, 6) is -0.323. The van der Waals surface area contributed by atoms with Crippen LogP contribution in [0.5, 0.6) is 0 Å². The van der Waals surface area contributed by atoms with Gasteiger partial charge in [0.25, 0.3) is 0 Å². The maximum Gasteiger partial charge on any atom is 0.243 e. The normalized spacial score (nSPS) is 13.1. The van der Waals surface area contributed by atoms with Crippen molar-refractivity contribution in [3.05, 3.63) is 64.7 Å². The maximum absolute atomic E-state index is 13.6. The molecule has 204 valence electrons. The van der Waals surface area contributed by atoms with Crippen molar-refractivity contribution in [2.45, 2.75) is 85.9 Å². The van der Waals surface area contributed by atoms with Crippen LogP contribution in [0.3, 0.4) is 0 Å². The highest BCUT2D eigenvalue weighted by atomic mass is 32.2. The van der Waals surface area contributed by atoms with Gasteiger partial charge in [0, 0.05) is 25.6 Å². The molecule has 0 aliphatic rings. The third-order valence-electron chi connectivity index (χ3n) is 6.77. The van der Waals surface area contributed by atoms with Crippen molar-refractivity contribution in [1.29, 1.82) is 0 Å². The van der Waals surface area contributed by atoms with Gasteiger partial charge in [-0.25, -0.2) is 8.42 Å². The van der Waals surface area contributed by atoms with E-state index in [2.05, 4.69) is 5.32 Å². The van der Waals surface area contributed by atoms with Crippen molar-refractivity contribution in [1.82, 2.24) is 10.2 Å². The number of nitrogens with one attached hydrogen (secondary N) is 1. The van der Waals surface area contributed by atoms with Crippen molar-refractivity contribution >= 4 is 27.5 Å². The minimum Gasteiger partial charge on any atom is -0.352 e. The Morgan fingerprint density at radius 1 is 0.973 bits per heavy atom. The van der Waals surface area contributed by atoms with Crippen LogP contribution < -0.4 is 9.62 Å². The van der Waals surface area contributed by atoms with Crippen LogP contribution >= 0.6 is 0 Å². The minimum absolute atomic E-state index is 0.0119. The molecule has 0 saturated heterocycles. The molecule has 2 aromatic carbocycles. The molecule has 0 saturated carbocycles. The summed E-state index contributed by atoms with van der Waals surface area (Å²) in [5.41, 5.74) is 4.49. The van der Waals surface area contributed by atoms with E-state index in [1.807, 2.05) is 84.0 Å². The molecule has 0 heterocycles. The summed E-state index contributed by atoms with van der Waals surface area (Å²) in [6, 6.07) is 13.0. The zero-order chi connectivity index (χ0) is 27.8. The van der Waals surface area contributed by atoms with Gasteiger partial charge in [-0.3, -0.25) is 13.9 Å².